The Balaban J connectivity index is 2.54. The van der Waals surface area contributed by atoms with Gasteiger partial charge in [0.1, 0.15) is 17.2 Å². The van der Waals surface area contributed by atoms with Gasteiger partial charge in [-0.15, -0.1) is 0 Å². The maximum Gasteiger partial charge on any atom is 0.126 e. The molecule has 1 atom stereocenters. The summed E-state index contributed by atoms with van der Waals surface area (Å²) in [4.78, 5) is 0. The second-order valence-corrected chi connectivity index (χ2v) is 4.74. The maximum absolute atomic E-state index is 13.7. The standard InChI is InChI=1S/C16H17FO2/c1-11-8-9-12(10-14(11)17)16(2,18)13-6-4-5-7-15(13)19-3/h4-10,18H,1-3H3. The number of rotatable bonds is 3. The fourth-order valence-corrected chi connectivity index (χ4v) is 2.10. The molecule has 2 aromatic rings. The number of aliphatic hydroxyl groups is 1. The van der Waals surface area contributed by atoms with Crippen molar-refractivity contribution in [2.24, 2.45) is 0 Å². The summed E-state index contributed by atoms with van der Waals surface area (Å²) in [5.74, 6) is 0.251. The maximum atomic E-state index is 13.7. The predicted octanol–water partition coefficient (Wildman–Crippen LogP) is 3.40. The minimum absolute atomic E-state index is 0.326. The van der Waals surface area contributed by atoms with E-state index in [0.717, 1.165) is 0 Å². The van der Waals surface area contributed by atoms with E-state index in [9.17, 15) is 9.50 Å². The third-order valence-electron chi connectivity index (χ3n) is 3.37. The molecule has 0 radical (unpaired) electrons. The third kappa shape index (κ3) is 2.47. The van der Waals surface area contributed by atoms with E-state index < -0.39 is 5.60 Å². The molecular formula is C16H17FO2. The van der Waals surface area contributed by atoms with E-state index >= 15 is 0 Å². The topological polar surface area (TPSA) is 29.5 Å². The minimum Gasteiger partial charge on any atom is -0.496 e. The number of hydrogen-bond donors (Lipinski definition) is 1. The summed E-state index contributed by atoms with van der Waals surface area (Å²) >= 11 is 0. The molecule has 19 heavy (non-hydrogen) atoms. The zero-order chi connectivity index (χ0) is 14.0. The van der Waals surface area contributed by atoms with E-state index in [1.54, 1.807) is 45.2 Å². The summed E-state index contributed by atoms with van der Waals surface area (Å²) in [6.45, 7) is 3.33. The highest BCUT2D eigenvalue weighted by molar-refractivity contribution is 5.44. The third-order valence-corrected chi connectivity index (χ3v) is 3.37. The number of hydrogen-bond acceptors (Lipinski definition) is 2. The Labute approximate surface area is 112 Å². The van der Waals surface area contributed by atoms with E-state index in [-0.39, 0.29) is 5.82 Å². The van der Waals surface area contributed by atoms with Crippen LogP contribution in [-0.4, -0.2) is 12.2 Å². The van der Waals surface area contributed by atoms with Crippen LogP contribution in [0, 0.1) is 12.7 Å². The molecule has 0 spiro atoms. The number of para-hydroxylation sites is 1. The normalized spacial score (nSPS) is 13.9. The molecule has 0 heterocycles. The molecule has 0 saturated heterocycles. The highest BCUT2D eigenvalue weighted by Crippen LogP contribution is 2.35. The molecule has 1 N–H and O–H groups in total. The van der Waals surface area contributed by atoms with Crippen molar-refractivity contribution in [3.8, 4) is 5.75 Å². The Kier molecular flexibility index (Phi) is 3.58. The number of benzene rings is 2. The van der Waals surface area contributed by atoms with Crippen molar-refractivity contribution in [1.82, 2.24) is 0 Å². The van der Waals surface area contributed by atoms with Crippen LogP contribution in [0.15, 0.2) is 42.5 Å². The van der Waals surface area contributed by atoms with Gasteiger partial charge >= 0.3 is 0 Å². The Morgan fingerprint density at radius 1 is 1.16 bits per heavy atom. The molecule has 0 fully saturated rings. The molecule has 3 heteroatoms. The molecule has 100 valence electrons. The van der Waals surface area contributed by atoms with Crippen molar-refractivity contribution in [3.63, 3.8) is 0 Å². The lowest BCUT2D eigenvalue weighted by Crippen LogP contribution is -2.23. The van der Waals surface area contributed by atoms with Crippen molar-refractivity contribution in [2.45, 2.75) is 19.4 Å². The molecule has 0 aliphatic carbocycles. The van der Waals surface area contributed by atoms with Gasteiger partial charge in [0.25, 0.3) is 0 Å². The van der Waals surface area contributed by atoms with Gasteiger partial charge in [0.15, 0.2) is 0 Å². The summed E-state index contributed by atoms with van der Waals surface area (Å²) in [5, 5.41) is 10.7. The van der Waals surface area contributed by atoms with Crippen molar-refractivity contribution in [3.05, 3.63) is 65.0 Å². The first-order valence-corrected chi connectivity index (χ1v) is 6.09. The van der Waals surface area contributed by atoms with Crippen molar-refractivity contribution < 1.29 is 14.2 Å². The zero-order valence-corrected chi connectivity index (χ0v) is 11.3. The van der Waals surface area contributed by atoms with Crippen molar-refractivity contribution >= 4 is 0 Å². The van der Waals surface area contributed by atoms with Gasteiger partial charge in [-0.3, -0.25) is 0 Å². The van der Waals surface area contributed by atoms with Crippen molar-refractivity contribution in [2.75, 3.05) is 7.11 Å². The molecule has 0 amide bonds. The first kappa shape index (κ1) is 13.6. The summed E-state index contributed by atoms with van der Waals surface area (Å²) < 4.78 is 18.9. The SMILES string of the molecule is COc1ccccc1C(C)(O)c1ccc(C)c(F)c1. The molecule has 0 aliphatic rings. The molecule has 0 bridgehead atoms. The van der Waals surface area contributed by atoms with Gasteiger partial charge in [0.05, 0.1) is 7.11 Å². The largest absolute Gasteiger partial charge is 0.496 e. The van der Waals surface area contributed by atoms with Gasteiger partial charge in [-0.25, -0.2) is 4.39 Å². The molecule has 2 aromatic carbocycles. The van der Waals surface area contributed by atoms with Gasteiger partial charge in [0, 0.05) is 5.56 Å². The van der Waals surface area contributed by atoms with Gasteiger partial charge in [0.2, 0.25) is 0 Å². The number of halogens is 1. The van der Waals surface area contributed by atoms with Crippen LogP contribution >= 0.6 is 0 Å². The van der Waals surface area contributed by atoms with E-state index in [1.807, 2.05) is 12.1 Å². The average Bonchev–Trinajstić information content (AvgIpc) is 2.41. The van der Waals surface area contributed by atoms with E-state index in [4.69, 9.17) is 4.74 Å². The van der Waals surface area contributed by atoms with Crippen LogP contribution in [-0.2, 0) is 5.60 Å². The van der Waals surface area contributed by atoms with Crippen LogP contribution in [0.5, 0.6) is 5.75 Å². The second kappa shape index (κ2) is 5.02. The lowest BCUT2D eigenvalue weighted by atomic mass is 9.87. The van der Waals surface area contributed by atoms with Crippen LogP contribution in [0.4, 0.5) is 4.39 Å². The summed E-state index contributed by atoms with van der Waals surface area (Å²) in [6.07, 6.45) is 0. The fraction of sp³-hybridized carbons (Fsp3) is 0.250. The molecule has 2 rings (SSSR count). The molecule has 0 aromatic heterocycles. The molecule has 1 unspecified atom stereocenters. The van der Waals surface area contributed by atoms with Gasteiger partial charge in [-0.05, 0) is 37.1 Å². The molecular weight excluding hydrogens is 243 g/mol. The second-order valence-electron chi connectivity index (χ2n) is 4.74. The van der Waals surface area contributed by atoms with Crippen LogP contribution in [0.3, 0.4) is 0 Å². The smallest absolute Gasteiger partial charge is 0.126 e. The Bertz CT molecular complexity index is 591. The minimum atomic E-state index is -1.30. The Hall–Kier alpha value is -1.87. The van der Waals surface area contributed by atoms with Gasteiger partial charge in [-0.2, -0.15) is 0 Å². The monoisotopic (exact) mass is 260 g/mol. The van der Waals surface area contributed by atoms with E-state index in [0.29, 0.717) is 22.4 Å². The molecule has 0 saturated carbocycles. The summed E-state index contributed by atoms with van der Waals surface area (Å²) in [7, 11) is 1.55. The lowest BCUT2D eigenvalue weighted by Gasteiger charge is -2.26. The quantitative estimate of drug-likeness (QED) is 0.916. The van der Waals surface area contributed by atoms with Crippen LogP contribution in [0.25, 0.3) is 0 Å². The van der Waals surface area contributed by atoms with Gasteiger partial charge in [-0.1, -0.05) is 30.3 Å². The highest BCUT2D eigenvalue weighted by Gasteiger charge is 2.29. The average molecular weight is 260 g/mol. The first-order chi connectivity index (χ1) is 8.96. The lowest BCUT2D eigenvalue weighted by molar-refractivity contribution is 0.0985. The van der Waals surface area contributed by atoms with Crippen LogP contribution in [0.2, 0.25) is 0 Å². The fourth-order valence-electron chi connectivity index (χ4n) is 2.10. The van der Waals surface area contributed by atoms with Gasteiger partial charge < -0.3 is 9.84 Å². The zero-order valence-electron chi connectivity index (χ0n) is 11.3. The Morgan fingerprint density at radius 3 is 2.47 bits per heavy atom. The Morgan fingerprint density at radius 2 is 1.84 bits per heavy atom. The predicted molar refractivity (Wildman–Crippen MR) is 72.8 cm³/mol. The molecule has 0 aliphatic heterocycles. The summed E-state index contributed by atoms with van der Waals surface area (Å²) in [5.41, 5.74) is 0.363. The highest BCUT2D eigenvalue weighted by atomic mass is 19.1. The summed E-state index contributed by atoms with van der Waals surface area (Å²) in [6, 6.07) is 11.9. The number of aryl methyl sites for hydroxylation is 1. The van der Waals surface area contributed by atoms with Crippen molar-refractivity contribution in [1.29, 1.82) is 0 Å². The van der Waals surface area contributed by atoms with E-state index in [1.165, 1.54) is 6.07 Å². The van der Waals surface area contributed by atoms with Crippen LogP contribution in [0.1, 0.15) is 23.6 Å². The number of methoxy groups -OCH3 is 1. The van der Waals surface area contributed by atoms with E-state index in [2.05, 4.69) is 0 Å². The molecule has 2 nitrogen and oxygen atoms in total. The number of ether oxygens (including phenoxy) is 1. The van der Waals surface area contributed by atoms with Crippen LogP contribution < -0.4 is 4.74 Å². The first-order valence-electron chi connectivity index (χ1n) is 6.09.